The molecule has 2 aromatic carbocycles. The third-order valence-electron chi connectivity index (χ3n) is 4.00. The van der Waals surface area contributed by atoms with E-state index in [9.17, 15) is 9.90 Å². The lowest BCUT2D eigenvalue weighted by atomic mass is 10.1. The van der Waals surface area contributed by atoms with Crippen LogP contribution < -0.4 is 19.5 Å². The number of ether oxygens (including phenoxy) is 3. The van der Waals surface area contributed by atoms with Gasteiger partial charge in [-0.25, -0.2) is 0 Å². The van der Waals surface area contributed by atoms with Crippen LogP contribution in [-0.4, -0.2) is 49.4 Å². The predicted octanol–water partition coefficient (Wildman–Crippen LogP) is 2.06. The van der Waals surface area contributed by atoms with Crippen LogP contribution in [0.1, 0.15) is 17.3 Å². The van der Waals surface area contributed by atoms with Crippen molar-refractivity contribution in [2.24, 2.45) is 0 Å². The molecule has 0 aromatic heterocycles. The van der Waals surface area contributed by atoms with Crippen molar-refractivity contribution in [2.75, 3.05) is 26.3 Å². The van der Waals surface area contributed by atoms with E-state index in [4.69, 9.17) is 14.2 Å². The molecular formula is C20H23NO5. The van der Waals surface area contributed by atoms with Crippen molar-refractivity contribution in [3.05, 3.63) is 54.1 Å². The highest BCUT2D eigenvalue weighted by molar-refractivity contribution is 5.94. The Hall–Kier alpha value is -2.57. The van der Waals surface area contributed by atoms with Gasteiger partial charge in [0.2, 0.25) is 0 Å². The summed E-state index contributed by atoms with van der Waals surface area (Å²) in [5.74, 6) is 2.04. The molecule has 0 spiro atoms. The first-order valence-corrected chi connectivity index (χ1v) is 8.63. The Morgan fingerprint density at radius 3 is 2.88 bits per heavy atom. The van der Waals surface area contributed by atoms with Gasteiger partial charge in [-0.05, 0) is 31.2 Å². The van der Waals surface area contributed by atoms with E-state index in [1.54, 1.807) is 24.3 Å². The molecule has 0 saturated carbocycles. The second-order valence-electron chi connectivity index (χ2n) is 6.20. The third-order valence-corrected chi connectivity index (χ3v) is 4.00. The minimum Gasteiger partial charge on any atom is -0.491 e. The smallest absolute Gasteiger partial charge is 0.161 e. The standard InChI is InChI=1S/C20H23NO5/c1-14(22)15-5-4-6-17(9-15)24-12-16(23)10-21-11-18-13-25-19-7-2-3-8-20(19)26-18/h2-9,16,18,21,23H,10-13H2,1H3/t16-,18-/m1/s1. The molecule has 26 heavy (non-hydrogen) atoms. The Labute approximate surface area is 152 Å². The maximum atomic E-state index is 11.4. The zero-order valence-corrected chi connectivity index (χ0v) is 14.7. The monoisotopic (exact) mass is 357 g/mol. The van der Waals surface area contributed by atoms with Gasteiger partial charge >= 0.3 is 0 Å². The lowest BCUT2D eigenvalue weighted by Crippen LogP contribution is -2.41. The Balaban J connectivity index is 1.38. The minimum absolute atomic E-state index is 0.0195. The molecule has 0 fully saturated rings. The van der Waals surface area contributed by atoms with Crippen LogP contribution in [0.15, 0.2) is 48.5 Å². The van der Waals surface area contributed by atoms with Gasteiger partial charge in [-0.2, -0.15) is 0 Å². The highest BCUT2D eigenvalue weighted by Crippen LogP contribution is 2.30. The van der Waals surface area contributed by atoms with E-state index in [1.165, 1.54) is 6.92 Å². The number of aliphatic hydroxyl groups is 1. The fourth-order valence-corrected chi connectivity index (χ4v) is 2.63. The first kappa shape index (κ1) is 18.2. The van der Waals surface area contributed by atoms with Gasteiger partial charge in [-0.15, -0.1) is 0 Å². The number of hydrogen-bond acceptors (Lipinski definition) is 6. The van der Waals surface area contributed by atoms with Crippen molar-refractivity contribution in [1.82, 2.24) is 5.32 Å². The quantitative estimate of drug-likeness (QED) is 0.704. The second-order valence-corrected chi connectivity index (χ2v) is 6.20. The molecule has 138 valence electrons. The summed E-state index contributed by atoms with van der Waals surface area (Å²) in [4.78, 5) is 11.4. The first-order valence-electron chi connectivity index (χ1n) is 8.63. The highest BCUT2D eigenvalue weighted by Gasteiger charge is 2.20. The summed E-state index contributed by atoms with van der Waals surface area (Å²) < 4.78 is 17.0. The molecule has 1 aliphatic rings. The van der Waals surface area contributed by atoms with Crippen LogP contribution in [0.4, 0.5) is 0 Å². The minimum atomic E-state index is -0.673. The molecule has 1 aliphatic heterocycles. The number of carbonyl (C=O) groups excluding carboxylic acids is 1. The van der Waals surface area contributed by atoms with E-state index in [1.807, 2.05) is 24.3 Å². The second kappa shape index (κ2) is 8.69. The van der Waals surface area contributed by atoms with Gasteiger partial charge in [0.1, 0.15) is 31.2 Å². The Kier molecular flexibility index (Phi) is 6.09. The molecule has 0 unspecified atom stereocenters. The average molecular weight is 357 g/mol. The van der Waals surface area contributed by atoms with Gasteiger partial charge in [-0.3, -0.25) is 4.79 Å². The predicted molar refractivity (Wildman–Crippen MR) is 97.2 cm³/mol. The van der Waals surface area contributed by atoms with Crippen LogP contribution in [-0.2, 0) is 0 Å². The number of benzene rings is 2. The van der Waals surface area contributed by atoms with Gasteiger partial charge < -0.3 is 24.6 Å². The summed E-state index contributed by atoms with van der Waals surface area (Å²) in [5, 5.41) is 13.2. The maximum absolute atomic E-state index is 11.4. The van der Waals surface area contributed by atoms with Gasteiger partial charge in [0.05, 0.1) is 0 Å². The van der Waals surface area contributed by atoms with Gasteiger partial charge in [-0.1, -0.05) is 24.3 Å². The average Bonchev–Trinajstić information content (AvgIpc) is 2.66. The molecule has 0 bridgehead atoms. The Morgan fingerprint density at radius 2 is 2.08 bits per heavy atom. The summed E-state index contributed by atoms with van der Waals surface area (Å²) in [6, 6.07) is 14.5. The Morgan fingerprint density at radius 1 is 1.27 bits per heavy atom. The van der Waals surface area contributed by atoms with Crippen LogP contribution in [0.25, 0.3) is 0 Å². The maximum Gasteiger partial charge on any atom is 0.161 e. The molecule has 1 heterocycles. The summed E-state index contributed by atoms with van der Waals surface area (Å²) in [7, 11) is 0. The van der Waals surface area contributed by atoms with Crippen molar-refractivity contribution in [3.63, 3.8) is 0 Å². The summed E-state index contributed by atoms with van der Waals surface area (Å²) in [6.07, 6.45) is -0.780. The zero-order chi connectivity index (χ0) is 18.4. The number of aliphatic hydroxyl groups excluding tert-OH is 1. The number of fused-ring (bicyclic) bond motifs is 1. The van der Waals surface area contributed by atoms with E-state index in [-0.39, 0.29) is 18.5 Å². The van der Waals surface area contributed by atoms with Gasteiger partial charge in [0, 0.05) is 18.7 Å². The molecule has 0 amide bonds. The molecular weight excluding hydrogens is 334 g/mol. The van der Waals surface area contributed by atoms with Crippen LogP contribution in [0.5, 0.6) is 17.2 Å². The molecule has 2 N–H and O–H groups in total. The largest absolute Gasteiger partial charge is 0.491 e. The zero-order valence-electron chi connectivity index (χ0n) is 14.7. The molecule has 3 rings (SSSR count). The van der Waals surface area contributed by atoms with Crippen LogP contribution in [0, 0.1) is 0 Å². The summed E-state index contributed by atoms with van der Waals surface area (Å²) in [5.41, 5.74) is 0.588. The lowest BCUT2D eigenvalue weighted by Gasteiger charge is -2.27. The first-order chi connectivity index (χ1) is 12.6. The molecule has 0 saturated heterocycles. The molecule has 0 aliphatic carbocycles. The fourth-order valence-electron chi connectivity index (χ4n) is 2.63. The fraction of sp³-hybridized carbons (Fsp3) is 0.350. The van der Waals surface area contributed by atoms with Crippen molar-refractivity contribution in [2.45, 2.75) is 19.1 Å². The van der Waals surface area contributed by atoms with E-state index >= 15 is 0 Å². The number of nitrogens with one attached hydrogen (secondary N) is 1. The normalized spacial score (nSPS) is 16.8. The summed E-state index contributed by atoms with van der Waals surface area (Å²) >= 11 is 0. The van der Waals surface area contributed by atoms with Gasteiger partial charge in [0.25, 0.3) is 0 Å². The third kappa shape index (κ3) is 4.97. The van der Waals surface area contributed by atoms with E-state index in [2.05, 4.69) is 5.32 Å². The van der Waals surface area contributed by atoms with E-state index < -0.39 is 6.10 Å². The number of ketones is 1. The highest BCUT2D eigenvalue weighted by atomic mass is 16.6. The molecule has 2 aromatic rings. The number of Topliss-reactive ketones (excluding diaryl/α,β-unsaturated/α-hetero) is 1. The molecule has 2 atom stereocenters. The SMILES string of the molecule is CC(=O)c1cccc(OC[C@H](O)CNC[C@@H]2COc3ccccc3O2)c1. The van der Waals surface area contributed by atoms with Crippen molar-refractivity contribution >= 4 is 5.78 Å². The topological polar surface area (TPSA) is 77.0 Å². The van der Waals surface area contributed by atoms with Gasteiger partial charge in [0.15, 0.2) is 17.3 Å². The van der Waals surface area contributed by atoms with Crippen molar-refractivity contribution in [1.29, 1.82) is 0 Å². The molecule has 0 radical (unpaired) electrons. The van der Waals surface area contributed by atoms with Crippen molar-refractivity contribution in [3.8, 4) is 17.2 Å². The van der Waals surface area contributed by atoms with Crippen LogP contribution >= 0.6 is 0 Å². The lowest BCUT2D eigenvalue weighted by molar-refractivity contribution is 0.0778. The molecule has 6 nitrogen and oxygen atoms in total. The molecule has 6 heteroatoms. The van der Waals surface area contributed by atoms with E-state index in [0.29, 0.717) is 31.0 Å². The summed E-state index contributed by atoms with van der Waals surface area (Å²) in [6.45, 7) is 3.04. The number of hydrogen-bond donors (Lipinski definition) is 2. The Bertz CT molecular complexity index is 748. The van der Waals surface area contributed by atoms with E-state index in [0.717, 1.165) is 11.5 Å². The number of carbonyl (C=O) groups is 1. The van der Waals surface area contributed by atoms with Crippen molar-refractivity contribution < 1.29 is 24.1 Å². The van der Waals surface area contributed by atoms with Crippen LogP contribution in [0.2, 0.25) is 0 Å². The van der Waals surface area contributed by atoms with Crippen LogP contribution in [0.3, 0.4) is 0 Å². The number of para-hydroxylation sites is 2. The number of rotatable bonds is 8.